The molecule has 2 rings (SSSR count). The van der Waals surface area contributed by atoms with E-state index in [0.717, 1.165) is 12.1 Å². The Balaban J connectivity index is 2.26. The molecule has 0 bridgehead atoms. The third-order valence-corrected chi connectivity index (χ3v) is 4.63. The Bertz CT molecular complexity index is 762. The minimum Gasteiger partial charge on any atom is -0.369 e. The lowest BCUT2D eigenvalue weighted by atomic mass is 10.1. The minimum absolute atomic E-state index is 0.0833. The van der Waals surface area contributed by atoms with Crippen LogP contribution < -0.4 is 11.3 Å². The molecule has 6 heteroatoms. The van der Waals surface area contributed by atoms with Crippen LogP contribution in [0.5, 0.6) is 0 Å². The van der Waals surface area contributed by atoms with E-state index < -0.39 is 0 Å². The van der Waals surface area contributed by atoms with E-state index in [-0.39, 0.29) is 11.5 Å². The van der Waals surface area contributed by atoms with Gasteiger partial charge in [0.1, 0.15) is 0 Å². The molecule has 3 N–H and O–H groups in total. The number of rotatable bonds is 4. The maximum Gasteiger partial charge on any atom is 0.274 e. The minimum atomic E-state index is -0.352. The molecule has 0 fully saturated rings. The molecular weight excluding hydrogens is 308 g/mol. The van der Waals surface area contributed by atoms with Gasteiger partial charge in [0.25, 0.3) is 5.56 Å². The molecule has 1 aromatic heterocycles. The molecule has 122 valence electrons. The number of hydrogen-bond acceptors (Lipinski definition) is 5. The Morgan fingerprint density at radius 3 is 2.61 bits per heavy atom. The number of nitrogens with zero attached hydrogens (tertiary/aromatic N) is 2. The first-order chi connectivity index (χ1) is 10.9. The van der Waals surface area contributed by atoms with E-state index in [1.807, 2.05) is 13.0 Å². The highest BCUT2D eigenvalue weighted by atomic mass is 32.2. The second kappa shape index (κ2) is 7.46. The number of anilines is 1. The Morgan fingerprint density at radius 2 is 2.00 bits per heavy atom. The summed E-state index contributed by atoms with van der Waals surface area (Å²) in [5, 5.41) is 8.65. The van der Waals surface area contributed by atoms with Crippen LogP contribution in [-0.4, -0.2) is 14.7 Å². The third kappa shape index (κ3) is 4.01. The lowest BCUT2D eigenvalue weighted by Gasteiger charge is -2.16. The van der Waals surface area contributed by atoms with Gasteiger partial charge in [-0.1, -0.05) is 43.3 Å². The summed E-state index contributed by atoms with van der Waals surface area (Å²) in [6.07, 6.45) is 1.56. The first-order valence-electron chi connectivity index (χ1n) is 7.59. The van der Waals surface area contributed by atoms with Crippen molar-refractivity contribution in [3.63, 3.8) is 0 Å². The zero-order valence-electron chi connectivity index (χ0n) is 13.7. The second-order valence-corrected chi connectivity index (χ2v) is 6.46. The predicted octanol–water partition coefficient (Wildman–Crippen LogP) is 3.11. The summed E-state index contributed by atoms with van der Waals surface area (Å²) < 4.78 is 1.57. The first kappa shape index (κ1) is 17.3. The zero-order valence-corrected chi connectivity index (χ0v) is 14.5. The van der Waals surface area contributed by atoms with Gasteiger partial charge in [0.05, 0.1) is 0 Å². The third-order valence-electron chi connectivity index (χ3n) is 3.74. The van der Waals surface area contributed by atoms with Crippen LogP contribution in [0, 0.1) is 19.3 Å². The first-order valence-corrected chi connectivity index (χ1v) is 8.57. The van der Waals surface area contributed by atoms with E-state index in [1.54, 1.807) is 4.57 Å². The van der Waals surface area contributed by atoms with Crippen molar-refractivity contribution in [2.45, 2.75) is 39.4 Å². The summed E-state index contributed by atoms with van der Waals surface area (Å²) in [6, 6.07) is 7.65. The predicted molar refractivity (Wildman–Crippen MR) is 97.2 cm³/mol. The lowest BCUT2D eigenvalue weighted by molar-refractivity contribution is 0.835. The summed E-state index contributed by atoms with van der Waals surface area (Å²) in [5.74, 6) is 0.772. The molecular formula is C17H22N4OS. The van der Waals surface area contributed by atoms with E-state index in [4.69, 9.17) is 11.1 Å². The van der Waals surface area contributed by atoms with Gasteiger partial charge in [-0.15, -0.1) is 0 Å². The fourth-order valence-corrected chi connectivity index (χ4v) is 3.58. The average Bonchev–Trinajstić information content (AvgIpc) is 2.46. The lowest BCUT2D eigenvalue weighted by Crippen LogP contribution is -2.23. The van der Waals surface area contributed by atoms with Crippen molar-refractivity contribution in [3.05, 3.63) is 57.0 Å². The molecule has 0 saturated carbocycles. The van der Waals surface area contributed by atoms with E-state index in [2.05, 4.69) is 31.0 Å². The van der Waals surface area contributed by atoms with Crippen LogP contribution in [0.3, 0.4) is 0 Å². The molecule has 1 aromatic carbocycles. The van der Waals surface area contributed by atoms with E-state index >= 15 is 0 Å². The fraction of sp³-hybridized carbons (Fsp3) is 0.353. The van der Waals surface area contributed by atoms with Crippen LogP contribution in [0.15, 0.2) is 29.1 Å². The molecule has 0 spiro atoms. The summed E-state index contributed by atoms with van der Waals surface area (Å²) in [5.41, 5.74) is 9.92. The van der Waals surface area contributed by atoms with E-state index in [0.29, 0.717) is 17.3 Å². The van der Waals surface area contributed by atoms with Gasteiger partial charge in [0.2, 0.25) is 5.95 Å². The number of nitrogens with two attached hydrogens (primary N) is 1. The van der Waals surface area contributed by atoms with Crippen LogP contribution in [0.25, 0.3) is 0 Å². The number of thioether (sulfide) groups is 1. The summed E-state index contributed by atoms with van der Waals surface area (Å²) in [4.78, 5) is 15.3. The zero-order chi connectivity index (χ0) is 17.0. The maximum atomic E-state index is 11.5. The van der Waals surface area contributed by atoms with Gasteiger partial charge in [-0.2, -0.15) is 4.98 Å². The van der Waals surface area contributed by atoms with Gasteiger partial charge in [-0.05, 0) is 37.0 Å². The Kier molecular flexibility index (Phi) is 5.60. The molecule has 0 aliphatic carbocycles. The normalized spacial score (nSPS) is 10.7. The van der Waals surface area contributed by atoms with Crippen molar-refractivity contribution in [1.29, 1.82) is 5.41 Å². The van der Waals surface area contributed by atoms with Crippen molar-refractivity contribution < 1.29 is 0 Å². The molecule has 0 amide bonds. The van der Waals surface area contributed by atoms with Crippen molar-refractivity contribution in [2.24, 2.45) is 0 Å². The quantitative estimate of drug-likeness (QED) is 0.666. The highest BCUT2D eigenvalue weighted by Crippen LogP contribution is 2.22. The Morgan fingerprint density at radius 1 is 1.35 bits per heavy atom. The van der Waals surface area contributed by atoms with Crippen molar-refractivity contribution in [1.82, 2.24) is 9.55 Å². The number of nitrogens with one attached hydrogen (secondary N) is 1. The molecule has 0 unspecified atom stereocenters. The second-order valence-electron chi connectivity index (χ2n) is 5.49. The van der Waals surface area contributed by atoms with Gasteiger partial charge < -0.3 is 5.73 Å². The number of nitrogen functional groups attached to an aromatic ring is 1. The van der Waals surface area contributed by atoms with Crippen molar-refractivity contribution in [3.8, 4) is 0 Å². The van der Waals surface area contributed by atoms with Crippen LogP contribution in [0.4, 0.5) is 5.95 Å². The van der Waals surface area contributed by atoms with Crippen LogP contribution in [-0.2, 0) is 12.2 Å². The van der Waals surface area contributed by atoms with Crippen LogP contribution in [0.2, 0.25) is 0 Å². The Hall–Kier alpha value is -2.08. The summed E-state index contributed by atoms with van der Waals surface area (Å²) >= 11 is 1.40. The van der Waals surface area contributed by atoms with E-state index in [9.17, 15) is 4.79 Å². The summed E-state index contributed by atoms with van der Waals surface area (Å²) in [7, 11) is 0. The van der Waals surface area contributed by atoms with E-state index in [1.165, 1.54) is 34.5 Å². The fourth-order valence-electron chi connectivity index (χ4n) is 2.51. The Labute approximate surface area is 140 Å². The van der Waals surface area contributed by atoms with Crippen molar-refractivity contribution >= 4 is 22.9 Å². The van der Waals surface area contributed by atoms with Crippen LogP contribution in [0.1, 0.15) is 35.7 Å². The topological polar surface area (TPSA) is 84.8 Å². The number of benzene rings is 1. The number of hydrogen-bond donors (Lipinski definition) is 2. The van der Waals surface area contributed by atoms with Gasteiger partial charge in [-0.25, -0.2) is 0 Å². The van der Waals surface area contributed by atoms with Gasteiger partial charge in [0, 0.05) is 17.5 Å². The highest BCUT2D eigenvalue weighted by Gasteiger charge is 2.13. The standard InChI is InChI=1S/C17H22N4OS/c1-4-6-13-9-15(22)20-16(18)21(13)17(19)23-10-14-11(2)7-5-8-12(14)3/h5,7-9,19H,4,6,10H2,1-3H3,(H2,18,20,22). The molecule has 5 nitrogen and oxygen atoms in total. The van der Waals surface area contributed by atoms with Gasteiger partial charge in [0.15, 0.2) is 5.17 Å². The average molecular weight is 330 g/mol. The largest absolute Gasteiger partial charge is 0.369 e. The number of aromatic nitrogens is 2. The number of aryl methyl sites for hydroxylation is 3. The molecule has 2 aromatic rings. The molecule has 1 heterocycles. The molecule has 23 heavy (non-hydrogen) atoms. The molecule has 0 aliphatic heterocycles. The maximum absolute atomic E-state index is 11.5. The van der Waals surface area contributed by atoms with Crippen LogP contribution >= 0.6 is 11.8 Å². The molecule has 0 saturated heterocycles. The monoisotopic (exact) mass is 330 g/mol. The SMILES string of the molecule is CCCc1cc(=O)nc(N)n1C(=N)SCc1c(C)cccc1C. The smallest absolute Gasteiger partial charge is 0.274 e. The van der Waals surface area contributed by atoms with Gasteiger partial charge in [-0.3, -0.25) is 14.8 Å². The molecule has 0 atom stereocenters. The molecule has 0 aliphatic rings. The van der Waals surface area contributed by atoms with Gasteiger partial charge >= 0.3 is 0 Å². The highest BCUT2D eigenvalue weighted by molar-refractivity contribution is 8.13. The van der Waals surface area contributed by atoms with Crippen molar-refractivity contribution in [2.75, 3.05) is 5.73 Å². The summed E-state index contributed by atoms with van der Waals surface area (Å²) in [6.45, 7) is 6.17. The molecule has 0 radical (unpaired) electrons.